The summed E-state index contributed by atoms with van der Waals surface area (Å²) in [5, 5.41) is 10.1. The smallest absolute Gasteiger partial charge is 0.307 e. The van der Waals surface area contributed by atoms with Gasteiger partial charge in [0, 0.05) is 6.07 Å². The summed E-state index contributed by atoms with van der Waals surface area (Å²) in [5.74, 6) is 2.70. The van der Waals surface area contributed by atoms with Crippen LogP contribution in [0.25, 0.3) is 0 Å². The largest absolute Gasteiger partial charge is 0.321 e. The van der Waals surface area contributed by atoms with E-state index >= 15 is 0 Å². The summed E-state index contributed by atoms with van der Waals surface area (Å²) in [4.78, 5) is 9.11. The highest BCUT2D eigenvalue weighted by Crippen LogP contribution is 2.23. The van der Waals surface area contributed by atoms with Crippen LogP contribution in [0.15, 0.2) is 12.1 Å². The van der Waals surface area contributed by atoms with Gasteiger partial charge in [0.1, 0.15) is 0 Å². The number of nitrogens with zero attached hydrogens (tertiary/aromatic N) is 1. The number of rotatable bonds is 2. The molecule has 0 saturated carbocycles. The lowest BCUT2D eigenvalue weighted by atomic mass is 10.2. The number of nitrogens with one attached hydrogen (secondary N) is 1. The van der Waals surface area contributed by atoms with Gasteiger partial charge < -0.3 is 5.43 Å². The Morgan fingerprint density at radius 2 is 2.00 bits per heavy atom. The van der Waals surface area contributed by atoms with E-state index in [1.54, 1.807) is 0 Å². The maximum Gasteiger partial charge on any atom is 0.307 e. The molecule has 0 radical (unpaired) electrons. The summed E-state index contributed by atoms with van der Waals surface area (Å²) in [7, 11) is 0. The molecule has 0 aliphatic heterocycles. The number of benzene rings is 1. The molecule has 0 unspecified atom stereocenters. The van der Waals surface area contributed by atoms with E-state index in [-0.39, 0.29) is 5.69 Å². The summed E-state index contributed by atoms with van der Waals surface area (Å²) in [5.41, 5.74) is 0.614. The van der Waals surface area contributed by atoms with Crippen molar-refractivity contribution >= 4 is 11.4 Å². The fraction of sp³-hybridized carbons (Fsp3) is 0. The van der Waals surface area contributed by atoms with Crippen LogP contribution in [-0.4, -0.2) is 4.92 Å². The van der Waals surface area contributed by atoms with Crippen LogP contribution in [-0.2, 0) is 0 Å². The summed E-state index contributed by atoms with van der Waals surface area (Å²) in [6, 6.07) is 1.08. The SMILES string of the molecule is NNc1cc(F)c([N+](=O)[O-])cc1F. The number of hydrogen-bond donors (Lipinski definition) is 2. The normalized spacial score (nSPS) is 9.77. The minimum atomic E-state index is -1.14. The topological polar surface area (TPSA) is 81.2 Å². The molecule has 1 aromatic rings. The van der Waals surface area contributed by atoms with Crippen LogP contribution >= 0.6 is 0 Å². The standard InChI is InChI=1S/C6H5F2N3O2/c7-3-2-6(11(12)13)4(8)1-5(3)10-9/h1-2,10H,9H2. The van der Waals surface area contributed by atoms with Crippen molar-refractivity contribution in [3.05, 3.63) is 33.9 Å². The Balaban J connectivity index is 3.28. The molecule has 70 valence electrons. The first-order valence-corrected chi connectivity index (χ1v) is 3.16. The van der Waals surface area contributed by atoms with E-state index in [9.17, 15) is 18.9 Å². The lowest BCUT2D eigenvalue weighted by Crippen LogP contribution is -2.09. The zero-order valence-electron chi connectivity index (χ0n) is 6.25. The quantitative estimate of drug-likeness (QED) is 0.415. The molecule has 0 amide bonds. The van der Waals surface area contributed by atoms with Crippen molar-refractivity contribution in [2.75, 3.05) is 5.43 Å². The van der Waals surface area contributed by atoms with Gasteiger partial charge in [0.25, 0.3) is 0 Å². The van der Waals surface area contributed by atoms with Crippen LogP contribution in [0.2, 0.25) is 0 Å². The van der Waals surface area contributed by atoms with E-state index in [1.807, 2.05) is 5.43 Å². The molecule has 0 aliphatic carbocycles. The molecular formula is C6H5F2N3O2. The number of nitrogen functional groups attached to an aromatic ring is 1. The first kappa shape index (κ1) is 9.33. The number of nitro groups is 1. The molecule has 0 aliphatic rings. The van der Waals surface area contributed by atoms with Gasteiger partial charge in [0.05, 0.1) is 16.7 Å². The third-order valence-electron chi connectivity index (χ3n) is 1.39. The maximum absolute atomic E-state index is 12.8. The minimum absolute atomic E-state index is 0.330. The Kier molecular flexibility index (Phi) is 2.38. The van der Waals surface area contributed by atoms with Gasteiger partial charge in [-0.2, -0.15) is 4.39 Å². The van der Waals surface area contributed by atoms with E-state index in [0.29, 0.717) is 12.1 Å². The maximum atomic E-state index is 12.8. The van der Waals surface area contributed by atoms with Crippen molar-refractivity contribution in [1.82, 2.24) is 0 Å². The van der Waals surface area contributed by atoms with Gasteiger partial charge in [0.15, 0.2) is 5.82 Å². The molecule has 0 spiro atoms. The lowest BCUT2D eigenvalue weighted by Gasteiger charge is -2.01. The number of nitro benzene ring substituents is 1. The summed E-state index contributed by atoms with van der Waals surface area (Å²) in [6.07, 6.45) is 0. The van der Waals surface area contributed by atoms with Crippen LogP contribution in [0.5, 0.6) is 0 Å². The number of hydrazine groups is 1. The fourth-order valence-corrected chi connectivity index (χ4v) is 0.787. The Morgan fingerprint density at radius 1 is 1.38 bits per heavy atom. The van der Waals surface area contributed by atoms with Crippen molar-refractivity contribution in [2.24, 2.45) is 5.84 Å². The second-order valence-electron chi connectivity index (χ2n) is 2.18. The number of halogens is 2. The molecule has 0 bridgehead atoms. The van der Waals surface area contributed by atoms with Crippen LogP contribution in [0.3, 0.4) is 0 Å². The molecule has 0 fully saturated rings. The van der Waals surface area contributed by atoms with E-state index in [1.165, 1.54) is 0 Å². The van der Waals surface area contributed by atoms with Gasteiger partial charge in [-0.25, -0.2) is 4.39 Å². The van der Waals surface area contributed by atoms with Crippen molar-refractivity contribution in [3.63, 3.8) is 0 Å². The molecule has 0 heterocycles. The van der Waals surface area contributed by atoms with E-state index < -0.39 is 22.2 Å². The summed E-state index contributed by atoms with van der Waals surface area (Å²) < 4.78 is 25.5. The molecule has 3 N–H and O–H groups in total. The van der Waals surface area contributed by atoms with Gasteiger partial charge in [-0.15, -0.1) is 0 Å². The van der Waals surface area contributed by atoms with Gasteiger partial charge in [-0.3, -0.25) is 16.0 Å². The third-order valence-corrected chi connectivity index (χ3v) is 1.39. The number of hydrogen-bond acceptors (Lipinski definition) is 4. The highest BCUT2D eigenvalue weighted by Gasteiger charge is 2.17. The predicted molar refractivity (Wildman–Crippen MR) is 40.8 cm³/mol. The molecule has 1 rings (SSSR count). The average Bonchev–Trinajstić information content (AvgIpc) is 2.07. The van der Waals surface area contributed by atoms with Crippen molar-refractivity contribution in [3.8, 4) is 0 Å². The van der Waals surface area contributed by atoms with E-state index in [0.717, 1.165) is 0 Å². The average molecular weight is 189 g/mol. The highest BCUT2D eigenvalue weighted by molar-refractivity contribution is 5.50. The second kappa shape index (κ2) is 3.31. The Labute approximate surface area is 71.3 Å². The van der Waals surface area contributed by atoms with Crippen LogP contribution in [0.1, 0.15) is 0 Å². The molecular weight excluding hydrogens is 184 g/mol. The molecule has 5 nitrogen and oxygen atoms in total. The van der Waals surface area contributed by atoms with Gasteiger partial charge in [-0.05, 0) is 0 Å². The highest BCUT2D eigenvalue weighted by atomic mass is 19.1. The van der Waals surface area contributed by atoms with Gasteiger partial charge in [-0.1, -0.05) is 0 Å². The minimum Gasteiger partial charge on any atom is -0.321 e. The summed E-state index contributed by atoms with van der Waals surface area (Å²) >= 11 is 0. The fourth-order valence-electron chi connectivity index (χ4n) is 0.787. The first-order chi connectivity index (χ1) is 6.06. The molecule has 0 saturated heterocycles. The molecule has 0 aromatic heterocycles. The first-order valence-electron chi connectivity index (χ1n) is 3.16. The number of anilines is 1. The van der Waals surface area contributed by atoms with Crippen molar-refractivity contribution < 1.29 is 13.7 Å². The summed E-state index contributed by atoms with van der Waals surface area (Å²) in [6.45, 7) is 0. The zero-order valence-corrected chi connectivity index (χ0v) is 6.25. The molecule has 1 aromatic carbocycles. The van der Waals surface area contributed by atoms with Crippen LogP contribution in [0.4, 0.5) is 20.2 Å². The third kappa shape index (κ3) is 1.70. The van der Waals surface area contributed by atoms with Crippen molar-refractivity contribution in [1.29, 1.82) is 0 Å². The molecule has 13 heavy (non-hydrogen) atoms. The predicted octanol–water partition coefficient (Wildman–Crippen LogP) is 1.16. The second-order valence-corrected chi connectivity index (χ2v) is 2.18. The number of nitrogens with two attached hydrogens (primary N) is 1. The Hall–Kier alpha value is -1.76. The zero-order chi connectivity index (χ0) is 10.0. The Morgan fingerprint density at radius 3 is 2.46 bits per heavy atom. The van der Waals surface area contributed by atoms with Crippen LogP contribution in [0, 0.1) is 21.7 Å². The lowest BCUT2D eigenvalue weighted by molar-refractivity contribution is -0.387. The van der Waals surface area contributed by atoms with E-state index in [4.69, 9.17) is 5.84 Å². The Bertz CT molecular complexity index is 356. The molecule has 0 atom stereocenters. The molecule has 7 heteroatoms. The van der Waals surface area contributed by atoms with Crippen molar-refractivity contribution in [2.45, 2.75) is 0 Å². The van der Waals surface area contributed by atoms with Gasteiger partial charge in [0.2, 0.25) is 5.82 Å². The van der Waals surface area contributed by atoms with E-state index in [2.05, 4.69) is 0 Å². The van der Waals surface area contributed by atoms with Gasteiger partial charge >= 0.3 is 5.69 Å². The van der Waals surface area contributed by atoms with Crippen LogP contribution < -0.4 is 11.3 Å². The monoisotopic (exact) mass is 189 g/mol.